The molecule has 4 rings (SSSR count). The summed E-state index contributed by atoms with van der Waals surface area (Å²) in [6.07, 6.45) is 5.12. The van der Waals surface area contributed by atoms with Gasteiger partial charge in [-0.05, 0) is 36.1 Å². The smallest absolute Gasteiger partial charge is 0.275 e. The first-order valence-electron chi connectivity index (χ1n) is 8.14. The number of ether oxygens (including phenoxy) is 1. The minimum absolute atomic E-state index is 0.00994. The lowest BCUT2D eigenvalue weighted by Crippen LogP contribution is -2.30. The molecular weight excluding hydrogens is 384 g/mol. The maximum Gasteiger partial charge on any atom is 0.275 e. The molecule has 3 atom stereocenters. The molecule has 5 nitrogen and oxygen atoms in total. The zero-order valence-electron chi connectivity index (χ0n) is 13.6. The van der Waals surface area contributed by atoms with E-state index in [1.54, 1.807) is 19.2 Å². The van der Waals surface area contributed by atoms with Crippen molar-refractivity contribution in [3.63, 3.8) is 0 Å². The molecule has 0 radical (unpaired) electrons. The van der Waals surface area contributed by atoms with E-state index < -0.39 is 0 Å². The molecule has 1 heterocycles. The Labute approximate surface area is 154 Å². The van der Waals surface area contributed by atoms with Crippen molar-refractivity contribution in [2.75, 3.05) is 12.4 Å². The summed E-state index contributed by atoms with van der Waals surface area (Å²) < 4.78 is 6.50. The fraction of sp³-hybridized carbons (Fsp3) is 0.263. The summed E-state index contributed by atoms with van der Waals surface area (Å²) in [5, 5.41) is 15.1. The SMILES string of the molecule is COc1ccc([N+](=O)[O-])c2c1N[C@H](c1cccc(Br)c1)[C@H]1CC=C[C@@H]21. The van der Waals surface area contributed by atoms with Crippen LogP contribution in [-0.2, 0) is 0 Å². The van der Waals surface area contributed by atoms with Crippen LogP contribution in [0.2, 0.25) is 0 Å². The summed E-state index contributed by atoms with van der Waals surface area (Å²) in [6, 6.07) is 11.5. The van der Waals surface area contributed by atoms with E-state index in [0.717, 1.165) is 27.7 Å². The minimum atomic E-state index is -0.303. The summed E-state index contributed by atoms with van der Waals surface area (Å²) in [5.74, 6) is 0.891. The lowest BCUT2D eigenvalue weighted by molar-refractivity contribution is -0.385. The number of hydrogen-bond acceptors (Lipinski definition) is 4. The third-order valence-corrected chi connectivity index (χ3v) is 5.58. The molecule has 0 saturated heterocycles. The minimum Gasteiger partial charge on any atom is -0.495 e. The predicted octanol–water partition coefficient (Wildman–Crippen LogP) is 5.19. The predicted molar refractivity (Wildman–Crippen MR) is 100 cm³/mol. The molecule has 1 aliphatic heterocycles. The van der Waals surface area contributed by atoms with Crippen LogP contribution in [0.25, 0.3) is 0 Å². The number of methoxy groups -OCH3 is 1. The summed E-state index contributed by atoms with van der Waals surface area (Å²) in [4.78, 5) is 11.3. The summed E-state index contributed by atoms with van der Waals surface area (Å²) in [5.41, 5.74) is 2.77. The second kappa shape index (κ2) is 6.19. The highest BCUT2D eigenvalue weighted by Gasteiger charge is 2.42. The summed E-state index contributed by atoms with van der Waals surface area (Å²) >= 11 is 3.53. The molecule has 1 aliphatic carbocycles. The van der Waals surface area contributed by atoms with E-state index in [4.69, 9.17) is 4.74 Å². The number of nitrogens with one attached hydrogen (secondary N) is 1. The first-order chi connectivity index (χ1) is 12.1. The number of benzene rings is 2. The van der Waals surface area contributed by atoms with Gasteiger partial charge in [0.1, 0.15) is 5.75 Å². The van der Waals surface area contributed by atoms with Gasteiger partial charge in [-0.15, -0.1) is 0 Å². The molecule has 128 valence electrons. The van der Waals surface area contributed by atoms with E-state index >= 15 is 0 Å². The van der Waals surface area contributed by atoms with E-state index in [2.05, 4.69) is 45.5 Å². The van der Waals surface area contributed by atoms with Crippen LogP contribution in [0, 0.1) is 16.0 Å². The van der Waals surface area contributed by atoms with Crippen molar-refractivity contribution in [1.82, 2.24) is 0 Å². The van der Waals surface area contributed by atoms with Crippen LogP contribution >= 0.6 is 15.9 Å². The third kappa shape index (κ3) is 2.61. The molecule has 0 bridgehead atoms. The van der Waals surface area contributed by atoms with Crippen molar-refractivity contribution in [3.8, 4) is 5.75 Å². The summed E-state index contributed by atoms with van der Waals surface area (Å²) in [6.45, 7) is 0. The average molecular weight is 401 g/mol. The van der Waals surface area contributed by atoms with Crippen LogP contribution in [0.3, 0.4) is 0 Å². The Balaban J connectivity index is 1.89. The zero-order chi connectivity index (χ0) is 17.6. The van der Waals surface area contributed by atoms with Gasteiger partial charge in [-0.3, -0.25) is 10.1 Å². The van der Waals surface area contributed by atoms with Gasteiger partial charge in [-0.1, -0.05) is 40.2 Å². The van der Waals surface area contributed by atoms with Crippen LogP contribution in [0.5, 0.6) is 5.75 Å². The van der Waals surface area contributed by atoms with Crippen LogP contribution in [-0.4, -0.2) is 12.0 Å². The standard InChI is InChI=1S/C19H17BrN2O3/c1-25-16-9-8-15(22(23)24)17-13-6-3-7-14(13)18(21-19(16)17)11-4-2-5-12(20)10-11/h2-6,8-10,13-14,18,21H,7H2,1H3/t13-,14+,18-/m1/s1. The second-order valence-electron chi connectivity index (χ2n) is 6.36. The van der Waals surface area contributed by atoms with E-state index in [0.29, 0.717) is 5.75 Å². The Kier molecular flexibility index (Phi) is 4.00. The van der Waals surface area contributed by atoms with Gasteiger partial charge in [-0.25, -0.2) is 0 Å². The molecule has 1 N–H and O–H groups in total. The fourth-order valence-corrected chi connectivity index (χ4v) is 4.44. The first kappa shape index (κ1) is 16.1. The first-order valence-corrected chi connectivity index (χ1v) is 8.93. The van der Waals surface area contributed by atoms with Gasteiger partial charge < -0.3 is 10.1 Å². The van der Waals surface area contributed by atoms with Crippen molar-refractivity contribution in [1.29, 1.82) is 0 Å². The van der Waals surface area contributed by atoms with Gasteiger partial charge in [0.05, 0.1) is 29.3 Å². The largest absolute Gasteiger partial charge is 0.495 e. The highest BCUT2D eigenvalue weighted by atomic mass is 79.9. The van der Waals surface area contributed by atoms with Gasteiger partial charge in [-0.2, -0.15) is 0 Å². The van der Waals surface area contributed by atoms with Crippen molar-refractivity contribution < 1.29 is 9.66 Å². The lowest BCUT2D eigenvalue weighted by Gasteiger charge is -2.37. The van der Waals surface area contributed by atoms with E-state index in [1.807, 2.05) is 12.1 Å². The molecule has 2 aromatic carbocycles. The number of rotatable bonds is 3. The number of nitrogens with zero attached hydrogens (tertiary/aromatic N) is 1. The molecule has 2 aliphatic rings. The molecule has 2 aromatic rings. The number of halogens is 1. The molecule has 25 heavy (non-hydrogen) atoms. The van der Waals surface area contributed by atoms with Crippen molar-refractivity contribution >= 4 is 27.3 Å². The van der Waals surface area contributed by atoms with Gasteiger partial charge in [0.2, 0.25) is 0 Å². The molecule has 0 saturated carbocycles. The highest BCUT2D eigenvalue weighted by molar-refractivity contribution is 9.10. The number of anilines is 1. The van der Waals surface area contributed by atoms with Crippen molar-refractivity contribution in [2.24, 2.45) is 5.92 Å². The van der Waals surface area contributed by atoms with Gasteiger partial charge in [0.15, 0.2) is 0 Å². The number of allylic oxidation sites excluding steroid dienone is 2. The highest BCUT2D eigenvalue weighted by Crippen LogP contribution is 2.54. The molecule has 6 heteroatoms. The normalized spacial score (nSPS) is 23.5. The van der Waals surface area contributed by atoms with Crippen LogP contribution in [0.15, 0.2) is 53.0 Å². The number of fused-ring (bicyclic) bond motifs is 3. The third-order valence-electron chi connectivity index (χ3n) is 5.08. The second-order valence-corrected chi connectivity index (χ2v) is 7.28. The molecular formula is C19H17BrN2O3. The van der Waals surface area contributed by atoms with E-state index in [9.17, 15) is 10.1 Å². The monoisotopic (exact) mass is 400 g/mol. The number of hydrogen-bond donors (Lipinski definition) is 1. The van der Waals surface area contributed by atoms with Gasteiger partial charge in [0.25, 0.3) is 5.69 Å². The Morgan fingerprint density at radius 3 is 2.88 bits per heavy atom. The lowest BCUT2D eigenvalue weighted by atomic mass is 9.76. The van der Waals surface area contributed by atoms with Crippen molar-refractivity contribution in [2.45, 2.75) is 18.4 Å². The molecule has 0 unspecified atom stereocenters. The fourth-order valence-electron chi connectivity index (χ4n) is 4.02. The summed E-state index contributed by atoms with van der Waals surface area (Å²) in [7, 11) is 1.59. The quantitative estimate of drug-likeness (QED) is 0.437. The molecule has 0 aromatic heterocycles. The maximum absolute atomic E-state index is 11.6. The van der Waals surface area contributed by atoms with Gasteiger partial charge >= 0.3 is 0 Å². The Bertz CT molecular complexity index is 881. The Morgan fingerprint density at radius 2 is 2.16 bits per heavy atom. The van der Waals surface area contributed by atoms with E-state index in [-0.39, 0.29) is 28.5 Å². The Morgan fingerprint density at radius 1 is 1.32 bits per heavy atom. The van der Waals surface area contributed by atoms with Crippen LogP contribution in [0.1, 0.15) is 29.5 Å². The molecule has 0 spiro atoms. The van der Waals surface area contributed by atoms with Gasteiger partial charge in [0, 0.05) is 16.5 Å². The Hall–Kier alpha value is -2.34. The number of nitro groups is 1. The number of nitro benzene ring substituents is 1. The van der Waals surface area contributed by atoms with Crippen LogP contribution < -0.4 is 10.1 Å². The molecule has 0 amide bonds. The average Bonchev–Trinajstić information content (AvgIpc) is 3.09. The zero-order valence-corrected chi connectivity index (χ0v) is 15.2. The maximum atomic E-state index is 11.6. The van der Waals surface area contributed by atoms with Crippen molar-refractivity contribution in [3.05, 3.63) is 74.3 Å². The van der Waals surface area contributed by atoms with E-state index in [1.165, 1.54) is 0 Å². The molecule has 0 fully saturated rings. The van der Waals surface area contributed by atoms with Crippen LogP contribution in [0.4, 0.5) is 11.4 Å². The topological polar surface area (TPSA) is 64.4 Å².